The molecular weight excluding hydrogens is 204 g/mol. The Kier molecular flexibility index (Phi) is 3.74. The number of amides is 1. The van der Waals surface area contributed by atoms with Crippen LogP contribution in [0.25, 0.3) is 0 Å². The summed E-state index contributed by atoms with van der Waals surface area (Å²) in [6, 6.07) is 0. The molecule has 0 spiro atoms. The Bertz CT molecular complexity index is 313. The van der Waals surface area contributed by atoms with Crippen LogP contribution in [0, 0.1) is 0 Å². The van der Waals surface area contributed by atoms with Crippen molar-refractivity contribution >= 4 is 22.4 Å². The van der Waals surface area contributed by atoms with Gasteiger partial charge in [-0.2, -0.15) is 0 Å². The molecule has 0 radical (unpaired) electrons. The Morgan fingerprint density at radius 1 is 1.71 bits per heavy atom. The fraction of sp³-hybridized carbons (Fsp3) is 0.500. The highest BCUT2D eigenvalue weighted by Crippen LogP contribution is 2.16. The van der Waals surface area contributed by atoms with Crippen LogP contribution in [0.2, 0.25) is 0 Å². The molecule has 1 heterocycles. The van der Waals surface area contributed by atoms with Crippen molar-refractivity contribution in [3.8, 4) is 0 Å². The van der Waals surface area contributed by atoms with Gasteiger partial charge in [-0.1, -0.05) is 4.49 Å². The molecule has 0 saturated heterocycles. The molecule has 0 atom stereocenters. The maximum atomic E-state index is 10.6. The summed E-state index contributed by atoms with van der Waals surface area (Å²) in [6.45, 7) is 0.667. The second-order valence-corrected chi connectivity index (χ2v) is 3.59. The van der Waals surface area contributed by atoms with Gasteiger partial charge in [0.15, 0.2) is 0 Å². The van der Waals surface area contributed by atoms with Crippen molar-refractivity contribution < 1.29 is 4.79 Å². The van der Waals surface area contributed by atoms with Gasteiger partial charge in [-0.3, -0.25) is 9.69 Å². The van der Waals surface area contributed by atoms with Crippen molar-refractivity contribution in [2.24, 2.45) is 11.6 Å². The third-order valence-electron chi connectivity index (χ3n) is 1.53. The quantitative estimate of drug-likeness (QED) is 0.418. The second-order valence-electron chi connectivity index (χ2n) is 2.83. The summed E-state index contributed by atoms with van der Waals surface area (Å²) in [7, 11) is 1.77. The smallest absolute Gasteiger partial charge is 0.231 e. The van der Waals surface area contributed by atoms with Gasteiger partial charge in [0.1, 0.15) is 10.7 Å². The van der Waals surface area contributed by atoms with Crippen molar-refractivity contribution in [2.75, 3.05) is 19.0 Å². The third-order valence-corrected chi connectivity index (χ3v) is 2.23. The highest BCUT2D eigenvalue weighted by atomic mass is 32.1. The molecule has 0 aromatic carbocycles. The summed E-state index contributed by atoms with van der Waals surface area (Å²) >= 11 is 1.17. The molecule has 0 aliphatic heterocycles. The number of likely N-dealkylation sites (N-methyl/N-ethyl adjacent to an activating group) is 1. The highest BCUT2D eigenvalue weighted by Gasteiger charge is 2.10. The molecule has 1 amide bonds. The van der Waals surface area contributed by atoms with Gasteiger partial charge in [-0.05, 0) is 7.05 Å². The van der Waals surface area contributed by atoms with Crippen LogP contribution in [0.1, 0.15) is 5.69 Å². The molecule has 7 nitrogen and oxygen atoms in total. The summed E-state index contributed by atoms with van der Waals surface area (Å²) < 4.78 is 3.73. The van der Waals surface area contributed by atoms with Crippen molar-refractivity contribution in [3.63, 3.8) is 0 Å². The predicted molar refractivity (Wildman–Crippen MR) is 53.2 cm³/mol. The molecule has 14 heavy (non-hydrogen) atoms. The van der Waals surface area contributed by atoms with Crippen LogP contribution in [0.5, 0.6) is 0 Å². The van der Waals surface area contributed by atoms with E-state index >= 15 is 0 Å². The van der Waals surface area contributed by atoms with E-state index in [0.717, 1.165) is 0 Å². The zero-order valence-electron chi connectivity index (χ0n) is 7.73. The number of hydrazine groups is 1. The van der Waals surface area contributed by atoms with Gasteiger partial charge in [-0.25, -0.2) is 5.84 Å². The average Bonchev–Trinajstić information content (AvgIpc) is 2.50. The number of nitrogens with two attached hydrogens (primary N) is 2. The number of hydrogen-bond donors (Lipinski definition) is 3. The first-order valence-electron chi connectivity index (χ1n) is 3.88. The Hall–Kier alpha value is -1.25. The van der Waals surface area contributed by atoms with E-state index in [2.05, 4.69) is 15.0 Å². The fourth-order valence-corrected chi connectivity index (χ4v) is 1.48. The van der Waals surface area contributed by atoms with Gasteiger partial charge in [0.05, 0.1) is 6.54 Å². The van der Waals surface area contributed by atoms with Gasteiger partial charge < -0.3 is 11.2 Å². The lowest BCUT2D eigenvalue weighted by Crippen LogP contribution is -2.30. The number of nitrogens with zero attached hydrogens (tertiary/aromatic N) is 3. The fourth-order valence-electron chi connectivity index (χ4n) is 0.999. The second kappa shape index (κ2) is 4.84. The largest absolute Gasteiger partial charge is 0.369 e. The molecule has 1 aromatic rings. The standard InChI is InChI=1S/C6H12N6OS/c1-12(3-5(7)13)2-4-6(9-8)14-11-10-4/h9H,2-3,8H2,1H3,(H2,7,13). The SMILES string of the molecule is CN(CC(N)=O)Cc1nnsc1NN. The topological polar surface area (TPSA) is 110 Å². The van der Waals surface area contributed by atoms with Gasteiger partial charge in [0.25, 0.3) is 0 Å². The van der Waals surface area contributed by atoms with E-state index in [4.69, 9.17) is 11.6 Å². The van der Waals surface area contributed by atoms with Crippen LogP contribution < -0.4 is 17.0 Å². The van der Waals surface area contributed by atoms with Gasteiger partial charge in [0, 0.05) is 18.1 Å². The summed E-state index contributed by atoms with van der Waals surface area (Å²) in [5.74, 6) is 4.87. The molecule has 1 rings (SSSR count). The lowest BCUT2D eigenvalue weighted by atomic mass is 10.4. The van der Waals surface area contributed by atoms with E-state index in [0.29, 0.717) is 17.2 Å². The number of nitrogen functional groups attached to an aromatic ring is 1. The predicted octanol–water partition coefficient (Wildman–Crippen LogP) is -1.26. The Labute approximate surface area is 85.2 Å². The molecule has 0 saturated carbocycles. The minimum Gasteiger partial charge on any atom is -0.369 e. The molecule has 0 aliphatic rings. The lowest BCUT2D eigenvalue weighted by molar-refractivity contribution is -0.118. The van der Waals surface area contributed by atoms with Crippen molar-refractivity contribution in [2.45, 2.75) is 6.54 Å². The Morgan fingerprint density at radius 3 is 3.00 bits per heavy atom. The summed E-state index contributed by atoms with van der Waals surface area (Å²) in [5.41, 5.74) is 8.23. The van der Waals surface area contributed by atoms with Gasteiger partial charge in [0.2, 0.25) is 5.91 Å². The minimum atomic E-state index is -0.377. The molecule has 0 aliphatic carbocycles. The van der Waals surface area contributed by atoms with Gasteiger partial charge in [-0.15, -0.1) is 5.10 Å². The van der Waals surface area contributed by atoms with Crippen LogP contribution >= 0.6 is 11.5 Å². The molecule has 0 unspecified atom stereocenters. The van der Waals surface area contributed by atoms with Gasteiger partial charge >= 0.3 is 0 Å². The van der Waals surface area contributed by atoms with Crippen LogP contribution in [0.15, 0.2) is 0 Å². The molecule has 5 N–H and O–H groups in total. The zero-order valence-corrected chi connectivity index (χ0v) is 8.54. The highest BCUT2D eigenvalue weighted by molar-refractivity contribution is 7.10. The monoisotopic (exact) mass is 216 g/mol. The van der Waals surface area contributed by atoms with Crippen LogP contribution in [0.3, 0.4) is 0 Å². The van der Waals surface area contributed by atoms with E-state index in [1.54, 1.807) is 11.9 Å². The lowest BCUT2D eigenvalue weighted by Gasteiger charge is -2.12. The molecule has 78 valence electrons. The number of primary amides is 1. The number of carbonyl (C=O) groups excluding carboxylic acids is 1. The van der Waals surface area contributed by atoms with E-state index in [1.807, 2.05) is 0 Å². The van der Waals surface area contributed by atoms with E-state index in [9.17, 15) is 4.79 Å². The third kappa shape index (κ3) is 2.91. The van der Waals surface area contributed by atoms with Crippen LogP contribution in [-0.4, -0.2) is 34.0 Å². The average molecular weight is 216 g/mol. The maximum Gasteiger partial charge on any atom is 0.231 e. The molecular formula is C6H12N6OS. The Balaban J connectivity index is 2.55. The summed E-state index contributed by atoms with van der Waals surface area (Å²) in [4.78, 5) is 12.3. The number of anilines is 1. The Morgan fingerprint density at radius 2 is 2.43 bits per heavy atom. The number of rotatable bonds is 5. The van der Waals surface area contributed by atoms with Crippen LogP contribution in [0.4, 0.5) is 5.00 Å². The van der Waals surface area contributed by atoms with E-state index in [1.165, 1.54) is 11.5 Å². The maximum absolute atomic E-state index is 10.6. The van der Waals surface area contributed by atoms with Crippen molar-refractivity contribution in [3.05, 3.63) is 5.69 Å². The molecule has 0 fully saturated rings. The van der Waals surface area contributed by atoms with E-state index in [-0.39, 0.29) is 12.5 Å². The first-order chi connectivity index (χ1) is 6.63. The van der Waals surface area contributed by atoms with Crippen molar-refractivity contribution in [1.82, 2.24) is 14.5 Å². The first-order valence-corrected chi connectivity index (χ1v) is 4.65. The minimum absolute atomic E-state index is 0.182. The van der Waals surface area contributed by atoms with Crippen LogP contribution in [-0.2, 0) is 11.3 Å². The molecule has 8 heteroatoms. The summed E-state index contributed by atoms with van der Waals surface area (Å²) in [5, 5.41) is 4.56. The normalized spacial score (nSPS) is 10.5. The number of hydrogen-bond acceptors (Lipinski definition) is 7. The number of nitrogens with one attached hydrogen (secondary N) is 1. The van der Waals surface area contributed by atoms with E-state index < -0.39 is 0 Å². The van der Waals surface area contributed by atoms with Crippen molar-refractivity contribution in [1.29, 1.82) is 0 Å². The first kappa shape index (κ1) is 10.8. The summed E-state index contributed by atoms with van der Waals surface area (Å²) in [6.07, 6.45) is 0. The number of carbonyl (C=O) groups is 1. The molecule has 0 bridgehead atoms. The molecule has 1 aromatic heterocycles. The zero-order chi connectivity index (χ0) is 10.6. The number of aromatic nitrogens is 2.